The molecule has 0 aromatic heterocycles. The molecule has 0 aliphatic carbocycles. The predicted octanol–water partition coefficient (Wildman–Crippen LogP) is 2.10. The van der Waals surface area contributed by atoms with E-state index in [1.54, 1.807) is 0 Å². The predicted molar refractivity (Wildman–Crippen MR) is 81.1 cm³/mol. The van der Waals surface area contributed by atoms with Crippen molar-refractivity contribution in [1.82, 2.24) is 9.80 Å². The van der Waals surface area contributed by atoms with Gasteiger partial charge in [0.2, 0.25) is 0 Å². The van der Waals surface area contributed by atoms with Crippen LogP contribution in [0.25, 0.3) is 0 Å². The summed E-state index contributed by atoms with van der Waals surface area (Å²) in [6.45, 7) is 9.91. The van der Waals surface area contributed by atoms with Crippen LogP contribution in [0.3, 0.4) is 0 Å². The molecule has 1 aromatic rings. The van der Waals surface area contributed by atoms with Crippen LogP contribution in [0.2, 0.25) is 0 Å². The highest BCUT2D eigenvalue weighted by atomic mass is 15.3. The Balaban J connectivity index is 1.89. The Morgan fingerprint density at radius 2 is 1.63 bits per heavy atom. The number of nitrogens with zero attached hydrogens (tertiary/aromatic N) is 2. The minimum Gasteiger partial charge on any atom is -0.329 e. The molecule has 3 nitrogen and oxygen atoms in total. The van der Waals surface area contributed by atoms with E-state index in [4.69, 9.17) is 5.73 Å². The molecule has 2 N–H and O–H groups in total. The van der Waals surface area contributed by atoms with Crippen molar-refractivity contribution in [1.29, 1.82) is 0 Å². The van der Waals surface area contributed by atoms with Gasteiger partial charge in [-0.15, -0.1) is 0 Å². The molecule has 1 aromatic carbocycles. The molecule has 2 atom stereocenters. The zero-order valence-electron chi connectivity index (χ0n) is 12.3. The van der Waals surface area contributed by atoms with Crippen LogP contribution in [0.4, 0.5) is 0 Å². The van der Waals surface area contributed by atoms with Gasteiger partial charge in [0.25, 0.3) is 0 Å². The molecule has 1 aliphatic heterocycles. The fourth-order valence-corrected chi connectivity index (χ4v) is 3.01. The average molecular weight is 261 g/mol. The second-order valence-corrected chi connectivity index (χ2v) is 5.46. The van der Waals surface area contributed by atoms with Gasteiger partial charge in [-0.1, -0.05) is 37.3 Å². The van der Waals surface area contributed by atoms with Gasteiger partial charge < -0.3 is 5.73 Å². The van der Waals surface area contributed by atoms with Gasteiger partial charge in [-0.3, -0.25) is 9.80 Å². The zero-order valence-corrected chi connectivity index (χ0v) is 12.3. The van der Waals surface area contributed by atoms with Gasteiger partial charge in [-0.2, -0.15) is 0 Å². The lowest BCUT2D eigenvalue weighted by molar-refractivity contribution is 0.0743. The van der Waals surface area contributed by atoms with Gasteiger partial charge in [0.15, 0.2) is 0 Å². The van der Waals surface area contributed by atoms with Crippen LogP contribution < -0.4 is 5.73 Å². The first-order valence-electron chi connectivity index (χ1n) is 7.49. The molecular weight excluding hydrogens is 234 g/mol. The molecule has 0 radical (unpaired) electrons. The Kier molecular flexibility index (Phi) is 5.37. The van der Waals surface area contributed by atoms with E-state index in [1.807, 2.05) is 0 Å². The molecule has 1 saturated heterocycles. The van der Waals surface area contributed by atoms with E-state index in [0.29, 0.717) is 12.1 Å². The summed E-state index contributed by atoms with van der Waals surface area (Å²) in [5.74, 6) is 0. The second kappa shape index (κ2) is 7.04. The summed E-state index contributed by atoms with van der Waals surface area (Å²) >= 11 is 0. The summed E-state index contributed by atoms with van der Waals surface area (Å²) < 4.78 is 0. The van der Waals surface area contributed by atoms with Crippen molar-refractivity contribution in [2.45, 2.75) is 32.4 Å². The Morgan fingerprint density at radius 1 is 1.05 bits per heavy atom. The van der Waals surface area contributed by atoms with Gasteiger partial charge in [0.1, 0.15) is 0 Å². The molecular formula is C16H27N3. The van der Waals surface area contributed by atoms with Crippen LogP contribution >= 0.6 is 0 Å². The minimum atomic E-state index is 0.515. The highest BCUT2D eigenvalue weighted by molar-refractivity contribution is 5.18. The fourth-order valence-electron chi connectivity index (χ4n) is 3.01. The van der Waals surface area contributed by atoms with Crippen molar-refractivity contribution < 1.29 is 0 Å². The van der Waals surface area contributed by atoms with E-state index >= 15 is 0 Å². The largest absolute Gasteiger partial charge is 0.329 e. The summed E-state index contributed by atoms with van der Waals surface area (Å²) in [6.07, 6.45) is 1.16. The third-order valence-corrected chi connectivity index (χ3v) is 4.44. The van der Waals surface area contributed by atoms with Crippen LogP contribution in [0, 0.1) is 0 Å². The Hall–Kier alpha value is -0.900. The van der Waals surface area contributed by atoms with Gasteiger partial charge in [-0.05, 0) is 18.9 Å². The van der Waals surface area contributed by atoms with Gasteiger partial charge in [-0.25, -0.2) is 0 Å². The van der Waals surface area contributed by atoms with E-state index in [1.165, 1.54) is 5.56 Å². The number of rotatable bonds is 5. The van der Waals surface area contributed by atoms with Crippen molar-refractivity contribution in [2.24, 2.45) is 5.73 Å². The molecule has 106 valence electrons. The normalized spacial score (nSPS) is 21.2. The van der Waals surface area contributed by atoms with Crippen molar-refractivity contribution >= 4 is 0 Å². The number of hydrogen-bond donors (Lipinski definition) is 1. The lowest BCUT2D eigenvalue weighted by Crippen LogP contribution is -2.52. The Labute approximate surface area is 117 Å². The number of piperazine rings is 1. The first-order chi connectivity index (χ1) is 9.26. The van der Waals surface area contributed by atoms with Crippen molar-refractivity contribution in [2.75, 3.05) is 32.7 Å². The number of hydrogen-bond acceptors (Lipinski definition) is 3. The maximum Gasteiger partial charge on any atom is 0.0320 e. The molecule has 0 amide bonds. The SMILES string of the molecule is CCC(CN)N1CCN(C(C)c2ccccc2)CC1. The van der Waals surface area contributed by atoms with Gasteiger partial charge in [0.05, 0.1) is 0 Å². The Morgan fingerprint density at radius 3 is 2.16 bits per heavy atom. The molecule has 0 bridgehead atoms. The van der Waals surface area contributed by atoms with E-state index in [-0.39, 0.29) is 0 Å². The molecule has 1 fully saturated rings. The molecule has 0 spiro atoms. The van der Waals surface area contributed by atoms with E-state index in [9.17, 15) is 0 Å². The van der Waals surface area contributed by atoms with Crippen LogP contribution in [0.5, 0.6) is 0 Å². The Bertz CT molecular complexity index is 354. The lowest BCUT2D eigenvalue weighted by Gasteiger charge is -2.41. The maximum atomic E-state index is 5.84. The highest BCUT2D eigenvalue weighted by Crippen LogP contribution is 2.21. The molecule has 19 heavy (non-hydrogen) atoms. The average Bonchev–Trinajstić information content (AvgIpc) is 2.49. The first-order valence-corrected chi connectivity index (χ1v) is 7.49. The molecule has 1 aliphatic rings. The van der Waals surface area contributed by atoms with Crippen molar-refractivity contribution in [3.8, 4) is 0 Å². The van der Waals surface area contributed by atoms with Gasteiger partial charge >= 0.3 is 0 Å². The molecule has 2 rings (SSSR count). The van der Waals surface area contributed by atoms with Crippen molar-refractivity contribution in [3.63, 3.8) is 0 Å². The molecule has 3 heteroatoms. The summed E-state index contributed by atoms with van der Waals surface area (Å²) in [7, 11) is 0. The van der Waals surface area contributed by atoms with E-state index in [2.05, 4.69) is 54.0 Å². The quantitative estimate of drug-likeness (QED) is 0.881. The minimum absolute atomic E-state index is 0.515. The number of benzene rings is 1. The van der Waals surface area contributed by atoms with Crippen LogP contribution in [0.1, 0.15) is 31.9 Å². The van der Waals surface area contributed by atoms with Crippen LogP contribution in [-0.4, -0.2) is 48.6 Å². The lowest BCUT2D eigenvalue weighted by atomic mass is 10.1. The summed E-state index contributed by atoms with van der Waals surface area (Å²) in [6, 6.07) is 11.9. The first kappa shape index (κ1) is 14.5. The van der Waals surface area contributed by atoms with E-state index < -0.39 is 0 Å². The van der Waals surface area contributed by atoms with Gasteiger partial charge in [0, 0.05) is 44.8 Å². The smallest absolute Gasteiger partial charge is 0.0320 e. The second-order valence-electron chi connectivity index (χ2n) is 5.46. The third kappa shape index (κ3) is 3.56. The zero-order chi connectivity index (χ0) is 13.7. The monoisotopic (exact) mass is 261 g/mol. The standard InChI is InChI=1S/C16H27N3/c1-3-16(13-17)19-11-9-18(10-12-19)14(2)15-7-5-4-6-8-15/h4-8,14,16H,3,9-13,17H2,1-2H3. The highest BCUT2D eigenvalue weighted by Gasteiger charge is 2.24. The third-order valence-electron chi connectivity index (χ3n) is 4.44. The fraction of sp³-hybridized carbons (Fsp3) is 0.625. The summed E-state index contributed by atoms with van der Waals surface area (Å²) in [5, 5.41) is 0. The number of nitrogens with two attached hydrogens (primary N) is 1. The molecule has 0 saturated carbocycles. The van der Waals surface area contributed by atoms with Crippen LogP contribution in [-0.2, 0) is 0 Å². The van der Waals surface area contributed by atoms with Crippen LogP contribution in [0.15, 0.2) is 30.3 Å². The van der Waals surface area contributed by atoms with Crippen molar-refractivity contribution in [3.05, 3.63) is 35.9 Å². The topological polar surface area (TPSA) is 32.5 Å². The molecule has 2 unspecified atom stereocenters. The molecule has 1 heterocycles. The maximum absolute atomic E-state index is 5.84. The summed E-state index contributed by atoms with van der Waals surface area (Å²) in [4.78, 5) is 5.13. The summed E-state index contributed by atoms with van der Waals surface area (Å²) in [5.41, 5.74) is 7.26. The van der Waals surface area contributed by atoms with E-state index in [0.717, 1.165) is 39.1 Å².